The Labute approximate surface area is 149 Å². The molecule has 0 amide bonds. The van der Waals surface area contributed by atoms with Crippen molar-refractivity contribution in [3.8, 4) is 0 Å². The summed E-state index contributed by atoms with van der Waals surface area (Å²) in [5, 5.41) is 0. The van der Waals surface area contributed by atoms with Crippen LogP contribution in [0.2, 0.25) is 0 Å². The molecule has 1 aromatic heterocycles. The molecular formula is C18H24N4O2S. The quantitative estimate of drug-likeness (QED) is 0.810. The van der Waals surface area contributed by atoms with Crippen LogP contribution in [-0.2, 0) is 22.8 Å². The first kappa shape index (κ1) is 17.8. The summed E-state index contributed by atoms with van der Waals surface area (Å²) in [6, 6.07) is 9.25. The van der Waals surface area contributed by atoms with E-state index in [1.165, 1.54) is 6.26 Å². The molecule has 7 heteroatoms. The van der Waals surface area contributed by atoms with Gasteiger partial charge in [-0.05, 0) is 24.1 Å². The molecule has 1 aliphatic heterocycles. The van der Waals surface area contributed by atoms with Crippen molar-refractivity contribution in [3.63, 3.8) is 0 Å². The van der Waals surface area contributed by atoms with Crippen LogP contribution in [0.5, 0.6) is 0 Å². The van der Waals surface area contributed by atoms with E-state index in [2.05, 4.69) is 32.8 Å². The number of anilines is 1. The van der Waals surface area contributed by atoms with E-state index in [1.807, 2.05) is 12.1 Å². The van der Waals surface area contributed by atoms with Gasteiger partial charge in [0.05, 0.1) is 4.90 Å². The molecule has 0 spiro atoms. The normalized spacial score (nSPS) is 16.2. The lowest BCUT2D eigenvalue weighted by molar-refractivity contribution is 0.249. The highest BCUT2D eigenvalue weighted by Gasteiger charge is 2.18. The van der Waals surface area contributed by atoms with Gasteiger partial charge in [0.2, 0.25) is 0 Å². The van der Waals surface area contributed by atoms with E-state index in [-0.39, 0.29) is 0 Å². The molecule has 1 saturated heterocycles. The van der Waals surface area contributed by atoms with E-state index in [9.17, 15) is 8.42 Å². The summed E-state index contributed by atoms with van der Waals surface area (Å²) in [6.07, 6.45) is 3.79. The van der Waals surface area contributed by atoms with E-state index < -0.39 is 9.84 Å². The summed E-state index contributed by atoms with van der Waals surface area (Å²) in [7, 11) is -3.13. The average Bonchev–Trinajstić information content (AvgIpc) is 2.62. The molecule has 25 heavy (non-hydrogen) atoms. The van der Waals surface area contributed by atoms with Crippen LogP contribution in [0.3, 0.4) is 0 Å². The maximum absolute atomic E-state index is 11.5. The highest BCUT2D eigenvalue weighted by atomic mass is 32.2. The molecule has 6 nitrogen and oxygen atoms in total. The Morgan fingerprint density at radius 3 is 2.32 bits per heavy atom. The van der Waals surface area contributed by atoms with Crippen molar-refractivity contribution in [1.82, 2.24) is 14.9 Å². The number of aromatic nitrogens is 2. The molecule has 134 valence electrons. The number of aryl methyl sites for hydroxylation is 1. The van der Waals surface area contributed by atoms with Gasteiger partial charge in [-0.1, -0.05) is 19.1 Å². The predicted molar refractivity (Wildman–Crippen MR) is 98.5 cm³/mol. The number of sulfone groups is 1. The molecule has 0 bridgehead atoms. The zero-order chi connectivity index (χ0) is 17.9. The standard InChI is InChI=1S/C18H24N4O2S/c1-3-16-12-18(20-14-19-16)22-10-8-21(9-11-22)13-15-4-6-17(7-5-15)25(2,23)24/h4-7,12,14H,3,8-11,13H2,1-2H3. The molecule has 2 heterocycles. The highest BCUT2D eigenvalue weighted by molar-refractivity contribution is 7.90. The Morgan fingerprint density at radius 2 is 1.72 bits per heavy atom. The van der Waals surface area contributed by atoms with Gasteiger partial charge in [-0.2, -0.15) is 0 Å². The number of rotatable bonds is 5. The summed E-state index contributed by atoms with van der Waals surface area (Å²) in [5.74, 6) is 1.00. The van der Waals surface area contributed by atoms with Crippen molar-refractivity contribution in [1.29, 1.82) is 0 Å². The van der Waals surface area contributed by atoms with Crippen molar-refractivity contribution in [2.45, 2.75) is 24.8 Å². The van der Waals surface area contributed by atoms with Gasteiger partial charge in [0.25, 0.3) is 0 Å². The van der Waals surface area contributed by atoms with Crippen LogP contribution >= 0.6 is 0 Å². The largest absolute Gasteiger partial charge is 0.354 e. The Morgan fingerprint density at radius 1 is 1.04 bits per heavy atom. The van der Waals surface area contributed by atoms with Gasteiger partial charge in [-0.15, -0.1) is 0 Å². The smallest absolute Gasteiger partial charge is 0.175 e. The molecule has 2 aromatic rings. The molecule has 0 atom stereocenters. The molecule has 0 saturated carbocycles. The minimum Gasteiger partial charge on any atom is -0.354 e. The highest BCUT2D eigenvalue weighted by Crippen LogP contribution is 2.17. The maximum Gasteiger partial charge on any atom is 0.175 e. The minimum atomic E-state index is -3.13. The number of piperazine rings is 1. The first-order valence-electron chi connectivity index (χ1n) is 8.53. The minimum absolute atomic E-state index is 0.372. The van der Waals surface area contributed by atoms with E-state index in [0.29, 0.717) is 4.90 Å². The van der Waals surface area contributed by atoms with Gasteiger partial charge in [-0.3, -0.25) is 4.90 Å². The topological polar surface area (TPSA) is 66.4 Å². The fourth-order valence-electron chi connectivity index (χ4n) is 2.99. The first-order valence-corrected chi connectivity index (χ1v) is 10.4. The van der Waals surface area contributed by atoms with E-state index in [1.54, 1.807) is 18.5 Å². The fourth-order valence-corrected chi connectivity index (χ4v) is 3.62. The molecule has 0 N–H and O–H groups in total. The maximum atomic E-state index is 11.5. The summed E-state index contributed by atoms with van der Waals surface area (Å²) >= 11 is 0. The monoisotopic (exact) mass is 360 g/mol. The van der Waals surface area contributed by atoms with Crippen molar-refractivity contribution in [3.05, 3.63) is 47.9 Å². The molecule has 0 aliphatic carbocycles. The third-order valence-corrected chi connectivity index (χ3v) is 5.65. The summed E-state index contributed by atoms with van der Waals surface area (Å²) in [4.78, 5) is 13.7. The Hall–Kier alpha value is -1.99. The van der Waals surface area contributed by atoms with Gasteiger partial charge < -0.3 is 4.90 Å². The summed E-state index contributed by atoms with van der Waals surface area (Å²) in [5.41, 5.74) is 2.20. The lowest BCUT2D eigenvalue weighted by Crippen LogP contribution is -2.46. The van der Waals surface area contributed by atoms with Crippen LogP contribution in [0.15, 0.2) is 41.6 Å². The van der Waals surface area contributed by atoms with Crippen LogP contribution in [0.4, 0.5) is 5.82 Å². The molecule has 1 aromatic carbocycles. The van der Waals surface area contributed by atoms with Gasteiger partial charge in [0.1, 0.15) is 12.1 Å². The lowest BCUT2D eigenvalue weighted by Gasteiger charge is -2.35. The number of nitrogens with zero attached hydrogens (tertiary/aromatic N) is 4. The zero-order valence-corrected chi connectivity index (χ0v) is 15.5. The molecule has 3 rings (SSSR count). The van der Waals surface area contributed by atoms with Crippen molar-refractivity contribution in [2.75, 3.05) is 37.3 Å². The third kappa shape index (κ3) is 4.55. The van der Waals surface area contributed by atoms with Crippen molar-refractivity contribution in [2.24, 2.45) is 0 Å². The molecular weight excluding hydrogens is 336 g/mol. The van der Waals surface area contributed by atoms with Gasteiger partial charge >= 0.3 is 0 Å². The van der Waals surface area contributed by atoms with Crippen LogP contribution in [-0.4, -0.2) is 55.7 Å². The molecule has 1 fully saturated rings. The van der Waals surface area contributed by atoms with Gasteiger partial charge in [-0.25, -0.2) is 18.4 Å². The third-order valence-electron chi connectivity index (χ3n) is 4.53. The van der Waals surface area contributed by atoms with Gasteiger partial charge in [0.15, 0.2) is 9.84 Å². The van der Waals surface area contributed by atoms with Crippen molar-refractivity contribution < 1.29 is 8.42 Å². The van der Waals surface area contributed by atoms with E-state index in [0.717, 1.165) is 56.2 Å². The number of hydrogen-bond donors (Lipinski definition) is 0. The second-order valence-electron chi connectivity index (χ2n) is 6.40. The molecule has 0 unspecified atom stereocenters. The second kappa shape index (κ2) is 7.49. The van der Waals surface area contributed by atoms with Crippen LogP contribution in [0.1, 0.15) is 18.2 Å². The van der Waals surface area contributed by atoms with Gasteiger partial charge in [0, 0.05) is 50.7 Å². The Balaban J connectivity index is 1.57. The van der Waals surface area contributed by atoms with Crippen LogP contribution in [0.25, 0.3) is 0 Å². The molecule has 0 radical (unpaired) electrons. The average molecular weight is 360 g/mol. The lowest BCUT2D eigenvalue weighted by atomic mass is 10.2. The summed E-state index contributed by atoms with van der Waals surface area (Å²) < 4.78 is 23.0. The second-order valence-corrected chi connectivity index (χ2v) is 8.42. The fraction of sp³-hybridized carbons (Fsp3) is 0.444. The van der Waals surface area contributed by atoms with E-state index in [4.69, 9.17) is 0 Å². The predicted octanol–water partition coefficient (Wildman–Crippen LogP) is 1.76. The van der Waals surface area contributed by atoms with Crippen LogP contribution < -0.4 is 4.90 Å². The number of benzene rings is 1. The van der Waals surface area contributed by atoms with E-state index >= 15 is 0 Å². The number of hydrogen-bond acceptors (Lipinski definition) is 6. The van der Waals surface area contributed by atoms with Crippen LogP contribution in [0, 0.1) is 0 Å². The first-order chi connectivity index (χ1) is 12.0. The SMILES string of the molecule is CCc1cc(N2CCN(Cc3ccc(S(C)(=O)=O)cc3)CC2)ncn1. The summed E-state index contributed by atoms with van der Waals surface area (Å²) in [6.45, 7) is 6.71. The van der Waals surface area contributed by atoms with Crippen molar-refractivity contribution >= 4 is 15.7 Å². The molecule has 1 aliphatic rings. The Kier molecular flexibility index (Phi) is 5.34. The Bertz CT molecular complexity index is 813. The zero-order valence-electron chi connectivity index (χ0n) is 14.7.